The number of allylic oxidation sites excluding steroid dienone is 4. The summed E-state index contributed by atoms with van der Waals surface area (Å²) in [7, 11) is 0. The summed E-state index contributed by atoms with van der Waals surface area (Å²) >= 11 is 0. The topological polar surface area (TPSA) is 37.4 Å². The Labute approximate surface area is 147 Å². The Balaban J connectivity index is 2.95. The third-order valence-electron chi connectivity index (χ3n) is 4.95. The minimum Gasteiger partial charge on any atom is -0.282 e. The van der Waals surface area contributed by atoms with Crippen molar-refractivity contribution in [1.29, 1.82) is 0 Å². The van der Waals surface area contributed by atoms with Crippen LogP contribution in [0.5, 0.6) is 0 Å². The molecule has 0 N–H and O–H groups in total. The van der Waals surface area contributed by atoms with Crippen molar-refractivity contribution in [2.75, 3.05) is 6.54 Å². The number of carbonyl (C=O) groups excluding carboxylic acids is 2. The van der Waals surface area contributed by atoms with E-state index in [9.17, 15) is 9.59 Å². The molecule has 0 spiro atoms. The average Bonchev–Trinajstić information content (AvgIpc) is 2.76. The van der Waals surface area contributed by atoms with Gasteiger partial charge in [0, 0.05) is 6.54 Å². The van der Waals surface area contributed by atoms with Gasteiger partial charge in [-0.1, -0.05) is 57.1 Å². The summed E-state index contributed by atoms with van der Waals surface area (Å²) in [5.41, 5.74) is 1.16. The molecular formula is C21H33NO2. The summed E-state index contributed by atoms with van der Waals surface area (Å²) in [4.78, 5) is 27.2. The van der Waals surface area contributed by atoms with E-state index >= 15 is 0 Å². The average molecular weight is 332 g/mol. The first kappa shape index (κ1) is 20.4. The number of rotatable bonds is 9. The number of imide groups is 1. The van der Waals surface area contributed by atoms with E-state index in [1.807, 2.05) is 32.1 Å². The van der Waals surface area contributed by atoms with Gasteiger partial charge >= 0.3 is 0 Å². The lowest BCUT2D eigenvalue weighted by atomic mass is 9.80. The minimum atomic E-state index is -0.182. The Morgan fingerprint density at radius 1 is 1.29 bits per heavy atom. The fraction of sp³-hybridized carbons (Fsp3) is 0.619. The summed E-state index contributed by atoms with van der Waals surface area (Å²) in [5, 5.41) is 0. The Kier molecular flexibility index (Phi) is 8.17. The maximum Gasteiger partial charge on any atom is 0.233 e. The second-order valence-corrected chi connectivity index (χ2v) is 7.06. The quantitative estimate of drug-likeness (QED) is 0.347. The SMILES string of the molecule is C=CCCC1C(=O)N(CC(C)/C=C(C)\C=C/C)C(=O)C1C(C)CC. The Morgan fingerprint density at radius 3 is 2.50 bits per heavy atom. The van der Waals surface area contributed by atoms with E-state index in [0.29, 0.717) is 6.54 Å². The largest absolute Gasteiger partial charge is 0.282 e. The Bertz CT molecular complexity index is 518. The van der Waals surface area contributed by atoms with Gasteiger partial charge < -0.3 is 0 Å². The Hall–Kier alpha value is -1.64. The zero-order chi connectivity index (χ0) is 18.3. The highest BCUT2D eigenvalue weighted by Crippen LogP contribution is 2.37. The van der Waals surface area contributed by atoms with Crippen molar-refractivity contribution in [3.05, 3.63) is 36.5 Å². The summed E-state index contributed by atoms with van der Waals surface area (Å²) in [6, 6.07) is 0. The van der Waals surface area contributed by atoms with E-state index in [4.69, 9.17) is 0 Å². The molecule has 0 aromatic carbocycles. The first-order chi connectivity index (χ1) is 11.4. The second kappa shape index (κ2) is 9.61. The predicted octanol–water partition coefficient (Wildman–Crippen LogP) is 4.76. The van der Waals surface area contributed by atoms with Crippen LogP contribution in [-0.4, -0.2) is 23.3 Å². The maximum absolute atomic E-state index is 12.9. The van der Waals surface area contributed by atoms with Crippen LogP contribution in [0.3, 0.4) is 0 Å². The van der Waals surface area contributed by atoms with Crippen molar-refractivity contribution >= 4 is 11.8 Å². The fourth-order valence-electron chi connectivity index (χ4n) is 3.60. The van der Waals surface area contributed by atoms with Gasteiger partial charge in [0.2, 0.25) is 11.8 Å². The van der Waals surface area contributed by atoms with E-state index in [-0.39, 0.29) is 35.5 Å². The molecule has 0 saturated carbocycles. The normalized spacial score (nSPS) is 24.7. The molecule has 1 fully saturated rings. The molecule has 0 aromatic heterocycles. The third kappa shape index (κ3) is 4.93. The van der Waals surface area contributed by atoms with Crippen molar-refractivity contribution in [1.82, 2.24) is 4.90 Å². The molecule has 4 atom stereocenters. The van der Waals surface area contributed by atoms with Gasteiger partial charge in [-0.25, -0.2) is 0 Å². The molecule has 1 heterocycles. The van der Waals surface area contributed by atoms with Gasteiger partial charge in [0.05, 0.1) is 11.8 Å². The van der Waals surface area contributed by atoms with Crippen molar-refractivity contribution in [2.24, 2.45) is 23.7 Å². The highest BCUT2D eigenvalue weighted by Gasteiger charge is 2.48. The molecule has 3 nitrogen and oxygen atoms in total. The number of likely N-dealkylation sites (tertiary alicyclic amines) is 1. The van der Waals surface area contributed by atoms with Crippen molar-refractivity contribution in [3.63, 3.8) is 0 Å². The second-order valence-electron chi connectivity index (χ2n) is 7.06. The number of hydrogen-bond acceptors (Lipinski definition) is 2. The lowest BCUT2D eigenvalue weighted by Gasteiger charge is -2.21. The third-order valence-corrected chi connectivity index (χ3v) is 4.95. The van der Waals surface area contributed by atoms with E-state index in [1.54, 1.807) is 0 Å². The van der Waals surface area contributed by atoms with E-state index < -0.39 is 0 Å². The summed E-state index contributed by atoms with van der Waals surface area (Å²) in [6.45, 7) is 14.5. The molecule has 2 amide bonds. The van der Waals surface area contributed by atoms with Crippen LogP contribution in [0.2, 0.25) is 0 Å². The first-order valence-electron chi connectivity index (χ1n) is 9.14. The molecule has 0 aliphatic carbocycles. The predicted molar refractivity (Wildman–Crippen MR) is 100 cm³/mol. The number of hydrogen-bond donors (Lipinski definition) is 0. The van der Waals surface area contributed by atoms with Crippen LogP contribution in [0.4, 0.5) is 0 Å². The Morgan fingerprint density at radius 2 is 1.96 bits per heavy atom. The van der Waals surface area contributed by atoms with Crippen molar-refractivity contribution < 1.29 is 9.59 Å². The molecule has 0 radical (unpaired) electrons. The van der Waals surface area contributed by atoms with Gasteiger partial charge in [-0.2, -0.15) is 0 Å². The van der Waals surface area contributed by atoms with E-state index in [0.717, 1.165) is 24.8 Å². The molecule has 1 rings (SSSR count). The monoisotopic (exact) mass is 331 g/mol. The first-order valence-corrected chi connectivity index (χ1v) is 9.14. The maximum atomic E-state index is 12.9. The minimum absolute atomic E-state index is 0.0103. The van der Waals surface area contributed by atoms with Crippen LogP contribution in [0.1, 0.15) is 53.9 Å². The number of nitrogens with zero attached hydrogens (tertiary/aromatic N) is 1. The molecule has 1 aliphatic heterocycles. The number of amides is 2. The van der Waals surface area contributed by atoms with Crippen LogP contribution >= 0.6 is 0 Å². The van der Waals surface area contributed by atoms with Crippen LogP contribution in [-0.2, 0) is 9.59 Å². The highest BCUT2D eigenvalue weighted by atomic mass is 16.2. The van der Waals surface area contributed by atoms with Gasteiger partial charge in [-0.15, -0.1) is 6.58 Å². The van der Waals surface area contributed by atoms with Gasteiger partial charge in [-0.05, 0) is 38.5 Å². The standard InChI is InChI=1S/C21H33NO2/c1-7-10-12-18-19(17(6)9-3)21(24)22(20(18)23)14-16(5)13-15(4)11-8-2/h7-8,11,13,16-19H,1,9-10,12,14H2,2-6H3/b11-8-,15-13-. The highest BCUT2D eigenvalue weighted by molar-refractivity contribution is 6.05. The smallest absolute Gasteiger partial charge is 0.233 e. The molecule has 4 unspecified atom stereocenters. The molecule has 24 heavy (non-hydrogen) atoms. The van der Waals surface area contributed by atoms with E-state index in [1.165, 1.54) is 4.90 Å². The van der Waals surface area contributed by atoms with Gasteiger partial charge in [0.15, 0.2) is 0 Å². The van der Waals surface area contributed by atoms with Crippen LogP contribution in [0, 0.1) is 23.7 Å². The van der Waals surface area contributed by atoms with Crippen molar-refractivity contribution in [3.8, 4) is 0 Å². The van der Waals surface area contributed by atoms with Crippen LogP contribution in [0.15, 0.2) is 36.5 Å². The summed E-state index contributed by atoms with van der Waals surface area (Å²) < 4.78 is 0. The molecule has 0 bridgehead atoms. The summed E-state index contributed by atoms with van der Waals surface area (Å²) in [6.07, 6.45) is 10.4. The van der Waals surface area contributed by atoms with Gasteiger partial charge in [-0.3, -0.25) is 14.5 Å². The fourth-order valence-corrected chi connectivity index (χ4v) is 3.60. The summed E-state index contributed by atoms with van der Waals surface area (Å²) in [5.74, 6) is 0.0682. The van der Waals surface area contributed by atoms with Crippen LogP contribution in [0.25, 0.3) is 0 Å². The lowest BCUT2D eigenvalue weighted by Crippen LogP contribution is -2.35. The zero-order valence-corrected chi connectivity index (χ0v) is 15.9. The lowest BCUT2D eigenvalue weighted by molar-refractivity contribution is -0.140. The van der Waals surface area contributed by atoms with Gasteiger partial charge in [0.1, 0.15) is 0 Å². The number of carbonyl (C=O) groups is 2. The zero-order valence-electron chi connectivity index (χ0n) is 15.9. The molecular weight excluding hydrogens is 298 g/mol. The van der Waals surface area contributed by atoms with Crippen molar-refractivity contribution in [2.45, 2.75) is 53.9 Å². The van der Waals surface area contributed by atoms with E-state index in [2.05, 4.69) is 33.4 Å². The molecule has 1 aliphatic rings. The van der Waals surface area contributed by atoms with Gasteiger partial charge in [0.25, 0.3) is 0 Å². The molecule has 1 saturated heterocycles. The molecule has 0 aromatic rings. The van der Waals surface area contributed by atoms with Crippen LogP contribution < -0.4 is 0 Å². The molecule has 134 valence electrons. The molecule has 3 heteroatoms.